The molecule has 1 aromatic carbocycles. The third-order valence-corrected chi connectivity index (χ3v) is 3.42. The molecular formula is C18H21N3O3. The summed E-state index contributed by atoms with van der Waals surface area (Å²) in [6, 6.07) is 10.3. The molecule has 0 bridgehead atoms. The zero-order valence-corrected chi connectivity index (χ0v) is 13.8. The van der Waals surface area contributed by atoms with Crippen LogP contribution in [0.3, 0.4) is 0 Å². The third kappa shape index (κ3) is 5.08. The van der Waals surface area contributed by atoms with Crippen molar-refractivity contribution in [1.82, 2.24) is 15.6 Å². The van der Waals surface area contributed by atoms with E-state index in [4.69, 9.17) is 4.74 Å². The number of aromatic nitrogens is 1. The number of hydrogen-bond donors (Lipinski definition) is 2. The standard InChI is InChI=1S/C18H21N3O3/c1-3-24-16-6-4-15(5-7-16)18(23)20-12-17(22)21-13(2)14-8-10-19-11-9-14/h4-11,13H,3,12H2,1-2H3,(H,20,23)(H,21,22). The Balaban J connectivity index is 1.81. The molecule has 2 N–H and O–H groups in total. The quantitative estimate of drug-likeness (QED) is 0.816. The molecule has 0 saturated carbocycles. The molecule has 2 aromatic rings. The van der Waals surface area contributed by atoms with Crippen LogP contribution in [-0.4, -0.2) is 29.9 Å². The number of ether oxygens (including phenoxy) is 1. The van der Waals surface area contributed by atoms with E-state index in [1.54, 1.807) is 36.7 Å². The molecule has 0 aliphatic heterocycles. The van der Waals surface area contributed by atoms with E-state index in [2.05, 4.69) is 15.6 Å². The van der Waals surface area contributed by atoms with Crippen LogP contribution in [-0.2, 0) is 4.79 Å². The average molecular weight is 327 g/mol. The maximum absolute atomic E-state index is 12.0. The first-order valence-electron chi connectivity index (χ1n) is 7.80. The fraction of sp³-hybridized carbons (Fsp3) is 0.278. The molecule has 0 radical (unpaired) electrons. The van der Waals surface area contributed by atoms with Crippen molar-refractivity contribution in [2.45, 2.75) is 19.9 Å². The Kier molecular flexibility index (Phi) is 6.31. The fourth-order valence-corrected chi connectivity index (χ4v) is 2.16. The second-order valence-corrected chi connectivity index (χ2v) is 5.21. The van der Waals surface area contributed by atoms with Crippen molar-refractivity contribution in [2.24, 2.45) is 0 Å². The van der Waals surface area contributed by atoms with Crippen molar-refractivity contribution in [1.29, 1.82) is 0 Å². The number of carbonyl (C=O) groups is 2. The van der Waals surface area contributed by atoms with E-state index in [-0.39, 0.29) is 24.4 Å². The van der Waals surface area contributed by atoms with Gasteiger partial charge in [0, 0.05) is 18.0 Å². The number of nitrogens with one attached hydrogen (secondary N) is 2. The highest BCUT2D eigenvalue weighted by molar-refractivity contribution is 5.96. The van der Waals surface area contributed by atoms with E-state index in [9.17, 15) is 9.59 Å². The molecule has 0 fully saturated rings. The molecule has 1 aromatic heterocycles. The van der Waals surface area contributed by atoms with E-state index in [0.717, 1.165) is 5.56 Å². The Morgan fingerprint density at radius 2 is 1.79 bits per heavy atom. The van der Waals surface area contributed by atoms with Crippen LogP contribution >= 0.6 is 0 Å². The lowest BCUT2D eigenvalue weighted by Gasteiger charge is -2.14. The Morgan fingerprint density at radius 3 is 2.42 bits per heavy atom. The summed E-state index contributed by atoms with van der Waals surface area (Å²) in [5.41, 5.74) is 1.43. The molecule has 126 valence electrons. The number of nitrogens with zero attached hydrogens (tertiary/aromatic N) is 1. The van der Waals surface area contributed by atoms with Crippen molar-refractivity contribution < 1.29 is 14.3 Å². The number of rotatable bonds is 7. The van der Waals surface area contributed by atoms with Crippen molar-refractivity contribution >= 4 is 11.8 Å². The lowest BCUT2D eigenvalue weighted by molar-refractivity contribution is -0.120. The number of hydrogen-bond acceptors (Lipinski definition) is 4. The number of carbonyl (C=O) groups excluding carboxylic acids is 2. The minimum atomic E-state index is -0.301. The Labute approximate surface area is 141 Å². The first kappa shape index (κ1) is 17.5. The van der Waals surface area contributed by atoms with Crippen molar-refractivity contribution in [3.8, 4) is 5.75 Å². The summed E-state index contributed by atoms with van der Waals surface area (Å²) in [4.78, 5) is 27.9. The van der Waals surface area contributed by atoms with Gasteiger partial charge < -0.3 is 15.4 Å². The van der Waals surface area contributed by atoms with Crippen molar-refractivity contribution in [2.75, 3.05) is 13.2 Å². The molecule has 6 heteroatoms. The molecule has 1 unspecified atom stereocenters. The average Bonchev–Trinajstić information content (AvgIpc) is 2.61. The molecule has 0 aliphatic carbocycles. The number of pyridine rings is 1. The maximum atomic E-state index is 12.0. The molecule has 2 amide bonds. The molecule has 0 spiro atoms. The number of benzene rings is 1. The van der Waals surface area contributed by atoms with Gasteiger partial charge in [-0.05, 0) is 55.8 Å². The van der Waals surface area contributed by atoms with Crippen LogP contribution in [0.4, 0.5) is 0 Å². The van der Waals surface area contributed by atoms with Gasteiger partial charge in [-0.2, -0.15) is 0 Å². The van der Waals surface area contributed by atoms with Crippen LogP contribution in [0.15, 0.2) is 48.8 Å². The second-order valence-electron chi connectivity index (χ2n) is 5.21. The molecule has 1 heterocycles. The smallest absolute Gasteiger partial charge is 0.251 e. The highest BCUT2D eigenvalue weighted by Crippen LogP contribution is 2.12. The highest BCUT2D eigenvalue weighted by atomic mass is 16.5. The van der Waals surface area contributed by atoms with Crippen molar-refractivity contribution in [3.05, 3.63) is 59.9 Å². The van der Waals surface area contributed by atoms with E-state index >= 15 is 0 Å². The predicted molar refractivity (Wildman–Crippen MR) is 90.7 cm³/mol. The molecule has 24 heavy (non-hydrogen) atoms. The van der Waals surface area contributed by atoms with Crippen LogP contribution in [0.5, 0.6) is 5.75 Å². The third-order valence-electron chi connectivity index (χ3n) is 3.42. The van der Waals surface area contributed by atoms with Gasteiger partial charge in [0.2, 0.25) is 5.91 Å². The van der Waals surface area contributed by atoms with Gasteiger partial charge in [0.05, 0.1) is 19.2 Å². The van der Waals surface area contributed by atoms with Gasteiger partial charge >= 0.3 is 0 Å². The lowest BCUT2D eigenvalue weighted by atomic mass is 10.1. The van der Waals surface area contributed by atoms with Gasteiger partial charge in [-0.3, -0.25) is 14.6 Å². The normalized spacial score (nSPS) is 11.4. The Bertz CT molecular complexity index is 672. The predicted octanol–water partition coefficient (Wildman–Crippen LogP) is 2.09. The molecule has 0 saturated heterocycles. The second kappa shape index (κ2) is 8.67. The zero-order valence-electron chi connectivity index (χ0n) is 13.8. The summed E-state index contributed by atoms with van der Waals surface area (Å²) in [6.45, 7) is 4.26. The Morgan fingerprint density at radius 1 is 1.12 bits per heavy atom. The SMILES string of the molecule is CCOc1ccc(C(=O)NCC(=O)NC(C)c2ccncc2)cc1. The van der Waals surface area contributed by atoms with Crippen molar-refractivity contribution in [3.63, 3.8) is 0 Å². The van der Waals surface area contributed by atoms with Crippen LogP contribution in [0.1, 0.15) is 35.8 Å². The lowest BCUT2D eigenvalue weighted by Crippen LogP contribution is -2.38. The van der Waals surface area contributed by atoms with E-state index in [1.165, 1.54) is 0 Å². The summed E-state index contributed by atoms with van der Waals surface area (Å²) < 4.78 is 5.32. The summed E-state index contributed by atoms with van der Waals surface area (Å²) in [5, 5.41) is 5.43. The van der Waals surface area contributed by atoms with E-state index in [0.29, 0.717) is 17.9 Å². The Hall–Kier alpha value is -2.89. The first-order chi connectivity index (χ1) is 11.6. The molecule has 0 aliphatic rings. The van der Waals surface area contributed by atoms with Gasteiger partial charge in [-0.1, -0.05) is 0 Å². The van der Waals surface area contributed by atoms with Gasteiger partial charge in [0.1, 0.15) is 5.75 Å². The summed E-state index contributed by atoms with van der Waals surface area (Å²) >= 11 is 0. The minimum Gasteiger partial charge on any atom is -0.494 e. The minimum absolute atomic E-state index is 0.0819. The molecular weight excluding hydrogens is 306 g/mol. The van der Waals surface area contributed by atoms with Gasteiger partial charge in [0.15, 0.2) is 0 Å². The van der Waals surface area contributed by atoms with Crippen LogP contribution in [0.25, 0.3) is 0 Å². The van der Waals surface area contributed by atoms with Gasteiger partial charge in [-0.25, -0.2) is 0 Å². The topological polar surface area (TPSA) is 80.3 Å². The molecule has 6 nitrogen and oxygen atoms in total. The van der Waals surface area contributed by atoms with Crippen LogP contribution < -0.4 is 15.4 Å². The first-order valence-corrected chi connectivity index (χ1v) is 7.80. The van der Waals surface area contributed by atoms with Gasteiger partial charge in [0.25, 0.3) is 5.91 Å². The fourth-order valence-electron chi connectivity index (χ4n) is 2.16. The maximum Gasteiger partial charge on any atom is 0.251 e. The van der Waals surface area contributed by atoms with Gasteiger partial charge in [-0.15, -0.1) is 0 Å². The highest BCUT2D eigenvalue weighted by Gasteiger charge is 2.11. The van der Waals surface area contributed by atoms with E-state index < -0.39 is 0 Å². The molecule has 2 rings (SSSR count). The zero-order chi connectivity index (χ0) is 17.4. The monoisotopic (exact) mass is 327 g/mol. The number of amides is 2. The molecule has 1 atom stereocenters. The summed E-state index contributed by atoms with van der Waals surface area (Å²) in [7, 11) is 0. The summed E-state index contributed by atoms with van der Waals surface area (Å²) in [5.74, 6) is 0.154. The summed E-state index contributed by atoms with van der Waals surface area (Å²) in [6.07, 6.45) is 3.34. The largest absolute Gasteiger partial charge is 0.494 e. The van der Waals surface area contributed by atoms with Crippen LogP contribution in [0.2, 0.25) is 0 Å². The van der Waals surface area contributed by atoms with E-state index in [1.807, 2.05) is 26.0 Å². The van der Waals surface area contributed by atoms with Crippen LogP contribution in [0, 0.1) is 0 Å².